The molecule has 1 fully saturated rings. The number of carbonyl (C=O) groups is 1. The van der Waals surface area contributed by atoms with Crippen molar-refractivity contribution in [2.75, 3.05) is 42.6 Å². The molecule has 1 saturated heterocycles. The molecule has 0 aliphatic carbocycles. The van der Waals surface area contributed by atoms with E-state index in [9.17, 15) is 9.18 Å². The Morgan fingerprint density at radius 1 is 1.07 bits per heavy atom. The number of hydrogen-bond acceptors (Lipinski definition) is 4. The average molecular weight is 413 g/mol. The molecular weight excluding hydrogens is 379 g/mol. The van der Waals surface area contributed by atoms with Crippen molar-refractivity contribution in [3.05, 3.63) is 52.3 Å². The first kappa shape index (κ1) is 21.9. The normalized spacial score (nSPS) is 14.7. The number of likely N-dealkylation sites (N-methyl/N-ethyl adjacent to an activating group) is 1. The van der Waals surface area contributed by atoms with Gasteiger partial charge in [0.2, 0.25) is 5.91 Å². The van der Waals surface area contributed by atoms with E-state index in [0.29, 0.717) is 0 Å². The number of nitrogens with one attached hydrogen (secondary N) is 1. The van der Waals surface area contributed by atoms with Crippen molar-refractivity contribution in [1.82, 2.24) is 4.90 Å². The first-order valence-corrected chi connectivity index (χ1v) is 10.6. The van der Waals surface area contributed by atoms with Crippen molar-refractivity contribution >= 4 is 23.0 Å². The van der Waals surface area contributed by atoms with E-state index in [1.54, 1.807) is 0 Å². The fourth-order valence-electron chi connectivity index (χ4n) is 4.29. The SMILES string of the molecule is Cc1c(C)c(N)c(C)c(NCC(=O)N(C)C2CCN(c3ccc(F)cc3)CC2)c1C. The topological polar surface area (TPSA) is 61.6 Å². The zero-order valence-corrected chi connectivity index (χ0v) is 18.7. The van der Waals surface area contributed by atoms with Crippen LogP contribution in [0.2, 0.25) is 0 Å². The summed E-state index contributed by atoms with van der Waals surface area (Å²) in [5.74, 6) is -0.145. The minimum Gasteiger partial charge on any atom is -0.398 e. The second kappa shape index (κ2) is 8.94. The maximum atomic E-state index is 13.1. The minimum atomic E-state index is -0.220. The predicted octanol–water partition coefficient (Wildman–Crippen LogP) is 4.18. The molecule has 1 aliphatic rings. The Kier molecular flexibility index (Phi) is 6.54. The highest BCUT2D eigenvalue weighted by molar-refractivity contribution is 5.83. The number of hydrogen-bond donors (Lipinski definition) is 2. The van der Waals surface area contributed by atoms with Gasteiger partial charge in [-0.15, -0.1) is 0 Å². The lowest BCUT2D eigenvalue weighted by molar-refractivity contribution is -0.130. The van der Waals surface area contributed by atoms with Crippen LogP contribution in [0.15, 0.2) is 24.3 Å². The van der Waals surface area contributed by atoms with Crippen LogP contribution in [0.3, 0.4) is 0 Å². The Hall–Kier alpha value is -2.76. The number of amides is 1. The van der Waals surface area contributed by atoms with Crippen LogP contribution in [0, 0.1) is 33.5 Å². The molecule has 2 aromatic carbocycles. The molecule has 1 amide bonds. The summed E-state index contributed by atoms with van der Waals surface area (Å²) >= 11 is 0. The molecule has 2 aromatic rings. The van der Waals surface area contributed by atoms with Gasteiger partial charge in [0.05, 0.1) is 6.54 Å². The summed E-state index contributed by atoms with van der Waals surface area (Å²) in [6, 6.07) is 6.82. The second-order valence-corrected chi connectivity index (χ2v) is 8.34. The van der Waals surface area contributed by atoms with Gasteiger partial charge in [0, 0.05) is 43.2 Å². The summed E-state index contributed by atoms with van der Waals surface area (Å²) in [6.07, 6.45) is 1.79. The number of piperidine rings is 1. The third-order valence-corrected chi connectivity index (χ3v) is 6.70. The maximum absolute atomic E-state index is 13.1. The Morgan fingerprint density at radius 3 is 2.27 bits per heavy atom. The highest BCUT2D eigenvalue weighted by Gasteiger charge is 2.25. The van der Waals surface area contributed by atoms with Gasteiger partial charge in [0.1, 0.15) is 5.82 Å². The molecule has 0 aromatic heterocycles. The maximum Gasteiger partial charge on any atom is 0.241 e. The van der Waals surface area contributed by atoms with Crippen LogP contribution >= 0.6 is 0 Å². The van der Waals surface area contributed by atoms with Crippen LogP contribution in [0.25, 0.3) is 0 Å². The van der Waals surface area contributed by atoms with Crippen molar-refractivity contribution in [1.29, 1.82) is 0 Å². The van der Waals surface area contributed by atoms with Gasteiger partial charge in [-0.05, 0) is 87.1 Å². The first-order valence-electron chi connectivity index (χ1n) is 10.6. The van der Waals surface area contributed by atoms with Crippen molar-refractivity contribution in [3.63, 3.8) is 0 Å². The Morgan fingerprint density at radius 2 is 1.67 bits per heavy atom. The average Bonchev–Trinajstić information content (AvgIpc) is 2.76. The van der Waals surface area contributed by atoms with Gasteiger partial charge in [0.25, 0.3) is 0 Å². The number of rotatable bonds is 5. The van der Waals surface area contributed by atoms with E-state index in [-0.39, 0.29) is 24.3 Å². The zero-order chi connectivity index (χ0) is 22.0. The zero-order valence-electron chi connectivity index (χ0n) is 18.7. The smallest absolute Gasteiger partial charge is 0.241 e. The Balaban J connectivity index is 1.58. The molecule has 0 saturated carbocycles. The highest BCUT2D eigenvalue weighted by Crippen LogP contribution is 2.32. The number of carbonyl (C=O) groups excluding carboxylic acids is 1. The lowest BCUT2D eigenvalue weighted by atomic mass is 9.96. The van der Waals surface area contributed by atoms with E-state index < -0.39 is 0 Å². The molecule has 0 spiro atoms. The van der Waals surface area contributed by atoms with Crippen LogP contribution in [-0.4, -0.2) is 43.5 Å². The number of anilines is 3. The van der Waals surface area contributed by atoms with Crippen LogP contribution in [0.4, 0.5) is 21.5 Å². The van der Waals surface area contributed by atoms with E-state index in [2.05, 4.69) is 24.1 Å². The van der Waals surface area contributed by atoms with Crippen molar-refractivity contribution in [2.45, 2.75) is 46.6 Å². The first-order chi connectivity index (χ1) is 14.2. The molecular formula is C24H33FN4O. The number of nitrogens with zero attached hydrogens (tertiary/aromatic N) is 2. The van der Waals surface area contributed by atoms with Gasteiger partial charge in [-0.1, -0.05) is 0 Å². The van der Waals surface area contributed by atoms with E-state index in [1.807, 2.05) is 37.9 Å². The molecule has 0 unspecified atom stereocenters. The number of nitrogens with two attached hydrogens (primary N) is 1. The summed E-state index contributed by atoms with van der Waals surface area (Å²) in [7, 11) is 1.89. The van der Waals surface area contributed by atoms with E-state index >= 15 is 0 Å². The molecule has 6 heteroatoms. The van der Waals surface area contributed by atoms with Gasteiger partial charge < -0.3 is 20.9 Å². The van der Waals surface area contributed by atoms with Crippen molar-refractivity contribution in [3.8, 4) is 0 Å². The van der Waals surface area contributed by atoms with E-state index in [0.717, 1.165) is 65.2 Å². The molecule has 3 rings (SSSR count). The number of benzene rings is 2. The number of halogens is 1. The molecule has 1 heterocycles. The van der Waals surface area contributed by atoms with Gasteiger partial charge >= 0.3 is 0 Å². The lowest BCUT2D eigenvalue weighted by Crippen LogP contribution is -2.47. The van der Waals surface area contributed by atoms with E-state index in [1.165, 1.54) is 12.1 Å². The fraction of sp³-hybridized carbons (Fsp3) is 0.458. The molecule has 30 heavy (non-hydrogen) atoms. The van der Waals surface area contributed by atoms with Crippen LogP contribution in [0.5, 0.6) is 0 Å². The largest absolute Gasteiger partial charge is 0.398 e. The van der Waals surface area contributed by atoms with Gasteiger partial charge in [-0.2, -0.15) is 0 Å². The summed E-state index contributed by atoms with van der Waals surface area (Å²) in [6.45, 7) is 10.1. The Labute approximate surface area is 179 Å². The molecule has 0 atom stereocenters. The summed E-state index contributed by atoms with van der Waals surface area (Å²) in [5.41, 5.74) is 13.4. The lowest BCUT2D eigenvalue weighted by Gasteiger charge is -2.38. The standard InChI is InChI=1S/C24H33FN4O/c1-15-16(2)23(26)18(4)24(17(15)3)27-14-22(30)28(5)20-10-12-29(13-11-20)21-8-6-19(25)7-9-21/h6-9,20,27H,10-14,26H2,1-5H3. The monoisotopic (exact) mass is 412 g/mol. The summed E-state index contributed by atoms with van der Waals surface area (Å²) in [5, 5.41) is 3.33. The Bertz CT molecular complexity index is 889. The van der Waals surface area contributed by atoms with Crippen LogP contribution < -0.4 is 16.0 Å². The molecule has 162 valence electrons. The minimum absolute atomic E-state index is 0.0748. The summed E-state index contributed by atoms with van der Waals surface area (Å²) in [4.78, 5) is 17.0. The van der Waals surface area contributed by atoms with Crippen molar-refractivity contribution in [2.24, 2.45) is 0 Å². The van der Waals surface area contributed by atoms with Crippen LogP contribution in [0.1, 0.15) is 35.1 Å². The third-order valence-electron chi connectivity index (χ3n) is 6.70. The predicted molar refractivity (Wildman–Crippen MR) is 123 cm³/mol. The van der Waals surface area contributed by atoms with Gasteiger partial charge in [-0.3, -0.25) is 4.79 Å². The molecule has 5 nitrogen and oxygen atoms in total. The van der Waals surface area contributed by atoms with Crippen LogP contribution in [-0.2, 0) is 4.79 Å². The molecule has 0 radical (unpaired) electrons. The fourth-order valence-corrected chi connectivity index (χ4v) is 4.29. The number of nitrogen functional groups attached to an aromatic ring is 1. The van der Waals surface area contributed by atoms with Gasteiger partial charge in [-0.25, -0.2) is 4.39 Å². The second-order valence-electron chi connectivity index (χ2n) is 8.34. The summed E-state index contributed by atoms with van der Waals surface area (Å²) < 4.78 is 13.1. The highest BCUT2D eigenvalue weighted by atomic mass is 19.1. The molecule has 0 bridgehead atoms. The van der Waals surface area contributed by atoms with Crippen molar-refractivity contribution < 1.29 is 9.18 Å². The van der Waals surface area contributed by atoms with E-state index in [4.69, 9.17) is 5.73 Å². The third kappa shape index (κ3) is 4.37. The molecule has 3 N–H and O–H groups in total. The molecule has 1 aliphatic heterocycles. The quantitative estimate of drug-likeness (QED) is 0.723. The van der Waals surface area contributed by atoms with Gasteiger partial charge in [0.15, 0.2) is 0 Å².